The van der Waals surface area contributed by atoms with Crippen molar-refractivity contribution in [3.63, 3.8) is 0 Å². The van der Waals surface area contributed by atoms with Crippen LogP contribution in [0, 0.1) is 0 Å². The van der Waals surface area contributed by atoms with Crippen LogP contribution in [0.1, 0.15) is 27.6 Å². The van der Waals surface area contributed by atoms with Gasteiger partial charge in [0.2, 0.25) is 5.91 Å². The molecule has 0 heterocycles. The first kappa shape index (κ1) is 13.7. The van der Waals surface area contributed by atoms with Gasteiger partial charge in [-0.05, 0) is 24.3 Å². The summed E-state index contributed by atoms with van der Waals surface area (Å²) in [6.07, 6.45) is 0. The average molecular weight is 250 g/mol. The Morgan fingerprint density at radius 2 is 1.50 bits per heavy atom. The molecule has 0 aliphatic carbocycles. The summed E-state index contributed by atoms with van der Waals surface area (Å²) in [6, 6.07) is 5.62. The first-order valence-electron chi connectivity index (χ1n) is 5.36. The molecule has 0 aliphatic heterocycles. The third kappa shape index (κ3) is 4.25. The summed E-state index contributed by atoms with van der Waals surface area (Å²) in [5.41, 5.74) is 0.507. The Labute approximate surface area is 104 Å². The van der Waals surface area contributed by atoms with Crippen LogP contribution in [0.15, 0.2) is 24.3 Å². The molecule has 1 aromatic carbocycles. The second-order valence-electron chi connectivity index (χ2n) is 3.62. The summed E-state index contributed by atoms with van der Waals surface area (Å²) in [4.78, 5) is 32.8. The minimum Gasteiger partial charge on any atom is -0.478 e. The van der Waals surface area contributed by atoms with Crippen LogP contribution in [0.3, 0.4) is 0 Å². The maximum absolute atomic E-state index is 11.6. The fraction of sp³-hybridized carbons (Fsp3) is 0.250. The van der Waals surface area contributed by atoms with Crippen LogP contribution in [0.2, 0.25) is 0 Å². The highest BCUT2D eigenvalue weighted by Gasteiger charge is 2.07. The van der Waals surface area contributed by atoms with Crippen LogP contribution in [-0.4, -0.2) is 36.0 Å². The molecule has 0 bridgehead atoms. The van der Waals surface area contributed by atoms with Crippen LogP contribution < -0.4 is 10.6 Å². The van der Waals surface area contributed by atoms with E-state index in [1.165, 1.54) is 31.2 Å². The molecular formula is C12H14N2O4. The van der Waals surface area contributed by atoms with Crippen molar-refractivity contribution >= 4 is 17.8 Å². The number of nitrogens with one attached hydrogen (secondary N) is 2. The quantitative estimate of drug-likeness (QED) is 0.653. The smallest absolute Gasteiger partial charge is 0.335 e. The SMILES string of the molecule is CC(=O)NCCNC(=O)c1ccc(C(=O)O)cc1. The van der Waals surface area contributed by atoms with Gasteiger partial charge in [-0.1, -0.05) is 0 Å². The zero-order valence-electron chi connectivity index (χ0n) is 9.90. The van der Waals surface area contributed by atoms with Gasteiger partial charge < -0.3 is 15.7 Å². The number of carbonyl (C=O) groups excluding carboxylic acids is 2. The maximum atomic E-state index is 11.6. The Kier molecular flexibility index (Phi) is 4.86. The summed E-state index contributed by atoms with van der Waals surface area (Å²) in [7, 11) is 0. The van der Waals surface area contributed by atoms with Gasteiger partial charge in [-0.15, -0.1) is 0 Å². The van der Waals surface area contributed by atoms with E-state index >= 15 is 0 Å². The predicted octanol–water partition coefficient (Wildman–Crippen LogP) is 0.251. The Hall–Kier alpha value is -2.37. The molecular weight excluding hydrogens is 236 g/mol. The molecule has 96 valence electrons. The molecule has 6 heteroatoms. The van der Waals surface area contributed by atoms with Gasteiger partial charge in [0, 0.05) is 25.6 Å². The van der Waals surface area contributed by atoms with Crippen molar-refractivity contribution in [2.75, 3.05) is 13.1 Å². The molecule has 0 fully saturated rings. The lowest BCUT2D eigenvalue weighted by molar-refractivity contribution is -0.118. The van der Waals surface area contributed by atoms with Crippen LogP contribution in [0.5, 0.6) is 0 Å². The molecule has 0 unspecified atom stereocenters. The lowest BCUT2D eigenvalue weighted by Gasteiger charge is -2.05. The Morgan fingerprint density at radius 3 is 2.00 bits per heavy atom. The van der Waals surface area contributed by atoms with Crippen molar-refractivity contribution in [2.24, 2.45) is 0 Å². The van der Waals surface area contributed by atoms with Crippen molar-refractivity contribution in [3.05, 3.63) is 35.4 Å². The first-order chi connectivity index (χ1) is 8.50. The summed E-state index contributed by atoms with van der Waals surface area (Å²) in [6.45, 7) is 2.07. The molecule has 3 N–H and O–H groups in total. The normalized spacial score (nSPS) is 9.61. The van der Waals surface area contributed by atoms with Gasteiger partial charge in [0.25, 0.3) is 5.91 Å². The minimum atomic E-state index is -1.03. The van der Waals surface area contributed by atoms with Crippen molar-refractivity contribution in [3.8, 4) is 0 Å². The van der Waals surface area contributed by atoms with Crippen LogP contribution in [-0.2, 0) is 4.79 Å². The standard InChI is InChI=1S/C12H14N2O4/c1-8(15)13-6-7-14-11(16)9-2-4-10(5-3-9)12(17)18/h2-5H,6-7H2,1H3,(H,13,15)(H,14,16)(H,17,18). The van der Waals surface area contributed by atoms with Crippen molar-refractivity contribution in [2.45, 2.75) is 6.92 Å². The number of hydrogen-bond acceptors (Lipinski definition) is 3. The minimum absolute atomic E-state index is 0.129. The third-order valence-corrected chi connectivity index (χ3v) is 2.18. The molecule has 2 amide bonds. The molecule has 0 radical (unpaired) electrons. The lowest BCUT2D eigenvalue weighted by atomic mass is 10.1. The molecule has 0 spiro atoms. The van der Waals surface area contributed by atoms with Gasteiger partial charge in [0.15, 0.2) is 0 Å². The van der Waals surface area contributed by atoms with Crippen molar-refractivity contribution < 1.29 is 19.5 Å². The van der Waals surface area contributed by atoms with Gasteiger partial charge in [-0.2, -0.15) is 0 Å². The van der Waals surface area contributed by atoms with Crippen molar-refractivity contribution in [1.82, 2.24) is 10.6 Å². The number of carboxylic acid groups (broad SMARTS) is 1. The lowest BCUT2D eigenvalue weighted by Crippen LogP contribution is -2.33. The highest BCUT2D eigenvalue weighted by atomic mass is 16.4. The Morgan fingerprint density at radius 1 is 1.00 bits per heavy atom. The largest absolute Gasteiger partial charge is 0.478 e. The molecule has 1 rings (SSSR count). The van der Waals surface area contributed by atoms with E-state index in [1.54, 1.807) is 0 Å². The number of benzene rings is 1. The molecule has 0 saturated heterocycles. The highest BCUT2D eigenvalue weighted by molar-refractivity contribution is 5.95. The van der Waals surface area contributed by atoms with Gasteiger partial charge in [-0.25, -0.2) is 4.79 Å². The zero-order valence-corrected chi connectivity index (χ0v) is 9.90. The fourth-order valence-electron chi connectivity index (χ4n) is 1.28. The number of carbonyl (C=O) groups is 3. The number of hydrogen-bond donors (Lipinski definition) is 3. The topological polar surface area (TPSA) is 95.5 Å². The van der Waals surface area contributed by atoms with E-state index in [2.05, 4.69) is 10.6 Å². The van der Waals surface area contributed by atoms with E-state index in [4.69, 9.17) is 5.11 Å². The summed E-state index contributed by atoms with van der Waals surface area (Å²) in [5.74, 6) is -1.50. The predicted molar refractivity (Wildman–Crippen MR) is 64.4 cm³/mol. The van der Waals surface area contributed by atoms with Crippen molar-refractivity contribution in [1.29, 1.82) is 0 Å². The number of carboxylic acids is 1. The van der Waals surface area contributed by atoms with E-state index in [0.717, 1.165) is 0 Å². The van der Waals surface area contributed by atoms with Crippen LogP contribution >= 0.6 is 0 Å². The van der Waals surface area contributed by atoms with Gasteiger partial charge in [0.1, 0.15) is 0 Å². The average Bonchev–Trinajstić information content (AvgIpc) is 2.34. The van der Waals surface area contributed by atoms with Gasteiger partial charge in [-0.3, -0.25) is 9.59 Å². The third-order valence-electron chi connectivity index (χ3n) is 2.18. The molecule has 0 atom stereocenters. The Balaban J connectivity index is 2.46. The van der Waals surface area contributed by atoms with Gasteiger partial charge >= 0.3 is 5.97 Å². The van der Waals surface area contributed by atoms with E-state index in [9.17, 15) is 14.4 Å². The van der Waals surface area contributed by atoms with E-state index in [1.807, 2.05) is 0 Å². The maximum Gasteiger partial charge on any atom is 0.335 e. The number of rotatable bonds is 5. The van der Waals surface area contributed by atoms with Crippen LogP contribution in [0.4, 0.5) is 0 Å². The summed E-state index contributed by atoms with van der Waals surface area (Å²) < 4.78 is 0. The summed E-state index contributed by atoms with van der Waals surface area (Å²) in [5, 5.41) is 13.8. The molecule has 0 aromatic heterocycles. The molecule has 0 saturated carbocycles. The molecule has 6 nitrogen and oxygen atoms in total. The first-order valence-corrected chi connectivity index (χ1v) is 5.36. The zero-order chi connectivity index (χ0) is 13.5. The molecule has 0 aliphatic rings. The van der Waals surface area contributed by atoms with E-state index in [0.29, 0.717) is 18.7 Å². The Bertz CT molecular complexity index is 454. The second-order valence-corrected chi connectivity index (χ2v) is 3.62. The van der Waals surface area contributed by atoms with Gasteiger partial charge in [0.05, 0.1) is 5.56 Å². The highest BCUT2D eigenvalue weighted by Crippen LogP contribution is 2.04. The molecule has 18 heavy (non-hydrogen) atoms. The number of aromatic carboxylic acids is 1. The molecule has 1 aromatic rings. The monoisotopic (exact) mass is 250 g/mol. The number of amides is 2. The second kappa shape index (κ2) is 6.39. The van der Waals surface area contributed by atoms with E-state index in [-0.39, 0.29) is 17.4 Å². The fourth-order valence-corrected chi connectivity index (χ4v) is 1.28. The van der Waals surface area contributed by atoms with E-state index < -0.39 is 5.97 Å². The van der Waals surface area contributed by atoms with Crippen LogP contribution in [0.25, 0.3) is 0 Å². The summed E-state index contributed by atoms with van der Waals surface area (Å²) >= 11 is 0.